The molecule has 7 nitrogen and oxygen atoms in total. The maximum atomic E-state index is 12.4. The minimum absolute atomic E-state index is 0.173. The van der Waals surface area contributed by atoms with Gasteiger partial charge in [-0.25, -0.2) is 0 Å². The molecule has 0 aliphatic rings. The second kappa shape index (κ2) is 5.80. The summed E-state index contributed by atoms with van der Waals surface area (Å²) in [4.78, 5) is 12.4. The van der Waals surface area contributed by atoms with Crippen LogP contribution in [0.2, 0.25) is 0 Å². The Morgan fingerprint density at radius 3 is 2.50 bits per heavy atom. The highest BCUT2D eigenvalue weighted by atomic mass is 16.1. The fourth-order valence-electron chi connectivity index (χ4n) is 2.25. The van der Waals surface area contributed by atoms with Gasteiger partial charge in [0.25, 0.3) is 5.91 Å². The molecule has 1 aromatic carbocycles. The number of amides is 1. The van der Waals surface area contributed by atoms with E-state index in [1.54, 1.807) is 29.4 Å². The summed E-state index contributed by atoms with van der Waals surface area (Å²) < 4.78 is 3.51. The Labute approximate surface area is 127 Å². The minimum atomic E-state index is -0.173. The summed E-state index contributed by atoms with van der Waals surface area (Å²) >= 11 is 0. The van der Waals surface area contributed by atoms with Crippen LogP contribution < -0.4 is 5.32 Å². The van der Waals surface area contributed by atoms with Crippen molar-refractivity contribution in [3.05, 3.63) is 54.2 Å². The Kier molecular flexibility index (Phi) is 3.69. The molecule has 1 amide bonds. The lowest BCUT2D eigenvalue weighted by molar-refractivity contribution is 0.102. The summed E-state index contributed by atoms with van der Waals surface area (Å²) in [6.07, 6.45) is 3.11. The number of nitrogens with one attached hydrogen (secondary N) is 1. The van der Waals surface area contributed by atoms with E-state index in [9.17, 15) is 4.79 Å². The third-order valence-corrected chi connectivity index (χ3v) is 3.43. The molecule has 0 aliphatic heterocycles. The number of hydrogen-bond donors (Lipinski definition) is 1. The molecular weight excluding hydrogens is 280 g/mol. The fourth-order valence-corrected chi connectivity index (χ4v) is 2.25. The second-order valence-electron chi connectivity index (χ2n) is 4.79. The zero-order valence-electron chi connectivity index (χ0n) is 12.4. The molecule has 7 heteroatoms. The first-order chi connectivity index (χ1) is 10.7. The van der Waals surface area contributed by atoms with E-state index in [0.29, 0.717) is 23.6 Å². The van der Waals surface area contributed by atoms with Gasteiger partial charge in [0.2, 0.25) is 0 Å². The molecule has 0 saturated carbocycles. The number of carbonyl (C=O) groups is 1. The van der Waals surface area contributed by atoms with Gasteiger partial charge in [-0.2, -0.15) is 5.10 Å². The van der Waals surface area contributed by atoms with Gasteiger partial charge in [0, 0.05) is 12.1 Å². The Hall–Kier alpha value is -2.96. The first-order valence-corrected chi connectivity index (χ1v) is 6.99. The molecule has 2 heterocycles. The van der Waals surface area contributed by atoms with Crippen molar-refractivity contribution in [3.8, 4) is 5.82 Å². The summed E-state index contributed by atoms with van der Waals surface area (Å²) in [6, 6.07) is 9.08. The maximum Gasteiger partial charge on any atom is 0.255 e. The normalized spacial score (nSPS) is 10.6. The summed E-state index contributed by atoms with van der Waals surface area (Å²) in [5.41, 5.74) is 2.15. The van der Waals surface area contributed by atoms with Crippen LogP contribution in [0.15, 0.2) is 43.0 Å². The number of anilines is 1. The average Bonchev–Trinajstić information content (AvgIpc) is 3.17. The molecule has 2 aromatic heterocycles. The van der Waals surface area contributed by atoms with Gasteiger partial charge in [-0.3, -0.25) is 14.0 Å². The first kappa shape index (κ1) is 14.0. The van der Waals surface area contributed by atoms with Crippen molar-refractivity contribution in [2.24, 2.45) is 0 Å². The molecule has 0 saturated heterocycles. The van der Waals surface area contributed by atoms with Gasteiger partial charge in [-0.1, -0.05) is 18.2 Å². The molecule has 0 unspecified atom stereocenters. The SMILES string of the molecule is CCn1nc(-n2cnnc2)c(NC(=O)c2ccccc2)c1C. The Morgan fingerprint density at radius 1 is 1.18 bits per heavy atom. The van der Waals surface area contributed by atoms with Crippen LogP contribution in [0, 0.1) is 6.92 Å². The smallest absolute Gasteiger partial charge is 0.255 e. The van der Waals surface area contributed by atoms with E-state index >= 15 is 0 Å². The highest BCUT2D eigenvalue weighted by Gasteiger charge is 2.18. The van der Waals surface area contributed by atoms with Gasteiger partial charge < -0.3 is 5.32 Å². The standard InChI is InChI=1S/C15H16N6O/c1-3-21-11(2)13(14(19-21)20-9-16-17-10-20)18-15(22)12-7-5-4-6-8-12/h4-10H,3H2,1-2H3,(H,18,22). The van der Waals surface area contributed by atoms with Gasteiger partial charge in [0.05, 0.1) is 5.69 Å². The Bertz CT molecular complexity index is 776. The molecule has 1 N–H and O–H groups in total. The lowest BCUT2D eigenvalue weighted by Crippen LogP contribution is -2.13. The number of rotatable bonds is 4. The molecule has 3 aromatic rings. The molecule has 112 valence electrons. The van der Waals surface area contributed by atoms with Crippen LogP contribution in [0.1, 0.15) is 23.0 Å². The number of benzene rings is 1. The van der Waals surface area contributed by atoms with Crippen LogP contribution in [0.5, 0.6) is 0 Å². The van der Waals surface area contributed by atoms with Gasteiger partial charge in [-0.15, -0.1) is 10.2 Å². The van der Waals surface area contributed by atoms with Gasteiger partial charge in [0.15, 0.2) is 5.82 Å². The maximum absolute atomic E-state index is 12.4. The lowest BCUT2D eigenvalue weighted by atomic mass is 10.2. The first-order valence-electron chi connectivity index (χ1n) is 6.99. The quantitative estimate of drug-likeness (QED) is 0.799. The van der Waals surface area contributed by atoms with E-state index < -0.39 is 0 Å². The van der Waals surface area contributed by atoms with Crippen molar-refractivity contribution in [3.63, 3.8) is 0 Å². The van der Waals surface area contributed by atoms with Crippen LogP contribution >= 0.6 is 0 Å². The van der Waals surface area contributed by atoms with E-state index in [2.05, 4.69) is 20.6 Å². The fraction of sp³-hybridized carbons (Fsp3) is 0.200. The number of carbonyl (C=O) groups excluding carboxylic acids is 1. The summed E-state index contributed by atoms with van der Waals surface area (Å²) in [5, 5.41) is 15.0. The number of hydrogen-bond acceptors (Lipinski definition) is 4. The second-order valence-corrected chi connectivity index (χ2v) is 4.79. The third kappa shape index (κ3) is 2.48. The van der Waals surface area contributed by atoms with Crippen LogP contribution in [0.4, 0.5) is 5.69 Å². The molecule has 0 radical (unpaired) electrons. The number of aryl methyl sites for hydroxylation is 1. The van der Waals surface area contributed by atoms with Crippen molar-refractivity contribution < 1.29 is 4.79 Å². The molecule has 0 fully saturated rings. The molecule has 0 aliphatic carbocycles. The predicted molar refractivity (Wildman–Crippen MR) is 82.0 cm³/mol. The highest BCUT2D eigenvalue weighted by molar-refractivity contribution is 6.05. The van der Waals surface area contributed by atoms with E-state index in [4.69, 9.17) is 0 Å². The summed E-state index contributed by atoms with van der Waals surface area (Å²) in [5.74, 6) is 0.433. The minimum Gasteiger partial charge on any atom is -0.317 e. The average molecular weight is 296 g/mol. The Morgan fingerprint density at radius 2 is 1.86 bits per heavy atom. The van der Waals surface area contributed by atoms with Gasteiger partial charge >= 0.3 is 0 Å². The van der Waals surface area contributed by atoms with Crippen molar-refractivity contribution in [2.45, 2.75) is 20.4 Å². The molecule has 3 rings (SSSR count). The largest absolute Gasteiger partial charge is 0.317 e. The zero-order valence-corrected chi connectivity index (χ0v) is 12.4. The van der Waals surface area contributed by atoms with Crippen molar-refractivity contribution in [2.75, 3.05) is 5.32 Å². The Balaban J connectivity index is 1.99. The molecule has 0 atom stereocenters. The van der Waals surface area contributed by atoms with E-state index in [0.717, 1.165) is 5.69 Å². The summed E-state index contributed by atoms with van der Waals surface area (Å²) in [6.45, 7) is 4.63. The van der Waals surface area contributed by atoms with Crippen LogP contribution in [-0.4, -0.2) is 30.5 Å². The van der Waals surface area contributed by atoms with Crippen LogP contribution in [0.25, 0.3) is 5.82 Å². The van der Waals surface area contributed by atoms with E-state index in [-0.39, 0.29) is 5.91 Å². The summed E-state index contributed by atoms with van der Waals surface area (Å²) in [7, 11) is 0. The monoisotopic (exact) mass is 296 g/mol. The van der Waals surface area contributed by atoms with E-state index in [1.165, 1.54) is 0 Å². The molecule has 22 heavy (non-hydrogen) atoms. The molecular formula is C15H16N6O. The molecule has 0 spiro atoms. The van der Waals surface area contributed by atoms with Gasteiger partial charge in [0.1, 0.15) is 18.3 Å². The molecule has 0 bridgehead atoms. The zero-order chi connectivity index (χ0) is 15.5. The topological polar surface area (TPSA) is 77.6 Å². The highest BCUT2D eigenvalue weighted by Crippen LogP contribution is 2.24. The lowest BCUT2D eigenvalue weighted by Gasteiger charge is -2.07. The van der Waals surface area contributed by atoms with E-state index in [1.807, 2.05) is 36.7 Å². The number of aromatic nitrogens is 5. The van der Waals surface area contributed by atoms with Crippen LogP contribution in [-0.2, 0) is 6.54 Å². The predicted octanol–water partition coefficient (Wildman–Crippen LogP) is 2.04. The van der Waals surface area contributed by atoms with Crippen molar-refractivity contribution in [1.29, 1.82) is 0 Å². The number of nitrogens with zero attached hydrogens (tertiary/aromatic N) is 5. The van der Waals surface area contributed by atoms with Crippen molar-refractivity contribution in [1.82, 2.24) is 24.5 Å². The van der Waals surface area contributed by atoms with Crippen LogP contribution in [0.3, 0.4) is 0 Å². The van der Waals surface area contributed by atoms with Gasteiger partial charge in [-0.05, 0) is 26.0 Å². The van der Waals surface area contributed by atoms with Crippen molar-refractivity contribution >= 4 is 11.6 Å². The third-order valence-electron chi connectivity index (χ3n) is 3.43.